The molecule has 1 aromatic heterocycles. The number of aryl methyl sites for hydroxylation is 2. The van der Waals surface area contributed by atoms with Gasteiger partial charge in [0, 0.05) is 25.3 Å². The van der Waals surface area contributed by atoms with Crippen LogP contribution < -0.4 is 10.2 Å². The minimum absolute atomic E-state index is 0.162. The third-order valence-corrected chi connectivity index (χ3v) is 5.02. The number of nitriles is 1. The predicted molar refractivity (Wildman–Crippen MR) is 84.5 cm³/mol. The molecule has 1 aliphatic heterocycles. The fourth-order valence-corrected chi connectivity index (χ4v) is 3.98. The summed E-state index contributed by atoms with van der Waals surface area (Å²) in [5.74, 6) is 0.915. The summed E-state index contributed by atoms with van der Waals surface area (Å²) in [6.45, 7) is 6.98. The van der Waals surface area contributed by atoms with Crippen LogP contribution in [0.5, 0.6) is 0 Å². The maximum Gasteiger partial charge on any atom is 0.147 e. The van der Waals surface area contributed by atoms with Crippen molar-refractivity contribution in [3.05, 3.63) is 22.9 Å². The molecule has 4 nitrogen and oxygen atoms in total. The molecular formula is C17H24N4. The summed E-state index contributed by atoms with van der Waals surface area (Å²) in [6, 6.07) is 4.40. The Labute approximate surface area is 127 Å². The molecule has 1 saturated heterocycles. The molecule has 2 aliphatic rings. The molecule has 2 heterocycles. The molecule has 1 spiro atoms. The second-order valence-corrected chi connectivity index (χ2v) is 6.50. The number of nitrogens with zero attached hydrogens (tertiary/aromatic N) is 3. The maximum atomic E-state index is 9.58. The van der Waals surface area contributed by atoms with Crippen molar-refractivity contribution < 1.29 is 0 Å². The van der Waals surface area contributed by atoms with Crippen molar-refractivity contribution in [3.8, 4) is 6.07 Å². The van der Waals surface area contributed by atoms with Gasteiger partial charge in [0.2, 0.25) is 0 Å². The van der Waals surface area contributed by atoms with Gasteiger partial charge in [-0.15, -0.1) is 0 Å². The van der Waals surface area contributed by atoms with Gasteiger partial charge in [0.25, 0.3) is 0 Å². The fraction of sp³-hybridized carbons (Fsp3) is 0.647. The molecule has 1 aliphatic carbocycles. The third-order valence-electron chi connectivity index (χ3n) is 5.02. The molecule has 0 atom stereocenters. The topological polar surface area (TPSA) is 52.0 Å². The summed E-state index contributed by atoms with van der Waals surface area (Å²) < 4.78 is 0. The van der Waals surface area contributed by atoms with E-state index in [9.17, 15) is 5.26 Å². The Bertz CT molecular complexity index is 559. The van der Waals surface area contributed by atoms with E-state index in [-0.39, 0.29) is 5.54 Å². The van der Waals surface area contributed by atoms with Gasteiger partial charge in [0.1, 0.15) is 11.9 Å². The van der Waals surface area contributed by atoms with Crippen LogP contribution in [-0.4, -0.2) is 30.2 Å². The highest BCUT2D eigenvalue weighted by Crippen LogP contribution is 2.38. The summed E-state index contributed by atoms with van der Waals surface area (Å²) in [4.78, 5) is 7.20. The van der Waals surface area contributed by atoms with E-state index in [2.05, 4.69) is 16.3 Å². The Morgan fingerprint density at radius 2 is 2.05 bits per heavy atom. The van der Waals surface area contributed by atoms with Crippen LogP contribution in [0.1, 0.15) is 48.9 Å². The largest absolute Gasteiger partial charge is 0.347 e. The second kappa shape index (κ2) is 5.65. The molecule has 0 unspecified atom stereocenters. The lowest BCUT2D eigenvalue weighted by molar-refractivity contribution is 0.239. The van der Waals surface area contributed by atoms with Gasteiger partial charge in [0.15, 0.2) is 0 Å². The molecule has 0 amide bonds. The van der Waals surface area contributed by atoms with Gasteiger partial charge >= 0.3 is 0 Å². The molecular weight excluding hydrogens is 260 g/mol. The summed E-state index contributed by atoms with van der Waals surface area (Å²) in [5.41, 5.74) is 2.97. The van der Waals surface area contributed by atoms with Gasteiger partial charge in [-0.3, -0.25) is 0 Å². The van der Waals surface area contributed by atoms with Crippen molar-refractivity contribution in [2.24, 2.45) is 0 Å². The van der Waals surface area contributed by atoms with E-state index in [1.807, 2.05) is 19.9 Å². The van der Waals surface area contributed by atoms with Crippen molar-refractivity contribution in [3.63, 3.8) is 0 Å². The maximum absolute atomic E-state index is 9.58. The van der Waals surface area contributed by atoms with Crippen LogP contribution in [-0.2, 0) is 0 Å². The molecule has 0 radical (unpaired) electrons. The van der Waals surface area contributed by atoms with E-state index in [1.165, 1.54) is 32.1 Å². The number of piperazine rings is 1. The zero-order chi connectivity index (χ0) is 14.9. The van der Waals surface area contributed by atoms with Gasteiger partial charge in [0.05, 0.1) is 11.1 Å². The minimum Gasteiger partial charge on any atom is -0.347 e. The van der Waals surface area contributed by atoms with Gasteiger partial charge in [-0.1, -0.05) is 19.3 Å². The highest BCUT2D eigenvalue weighted by molar-refractivity contribution is 5.60. The normalized spacial score (nSPS) is 21.3. The van der Waals surface area contributed by atoms with Crippen LogP contribution in [0.25, 0.3) is 0 Å². The number of rotatable bonds is 1. The molecule has 1 saturated carbocycles. The number of pyridine rings is 1. The van der Waals surface area contributed by atoms with Crippen molar-refractivity contribution in [1.29, 1.82) is 5.26 Å². The molecule has 1 N–H and O–H groups in total. The van der Waals surface area contributed by atoms with Crippen molar-refractivity contribution in [2.75, 3.05) is 24.5 Å². The third kappa shape index (κ3) is 2.51. The van der Waals surface area contributed by atoms with Gasteiger partial charge in [-0.05, 0) is 38.3 Å². The Morgan fingerprint density at radius 1 is 1.29 bits per heavy atom. The summed E-state index contributed by atoms with van der Waals surface area (Å²) in [5, 5.41) is 13.1. The average molecular weight is 284 g/mol. The van der Waals surface area contributed by atoms with Crippen LogP contribution in [0.2, 0.25) is 0 Å². The van der Waals surface area contributed by atoms with Crippen LogP contribution in [0.3, 0.4) is 0 Å². The minimum atomic E-state index is 0.162. The second-order valence-electron chi connectivity index (χ2n) is 6.50. The molecule has 4 heteroatoms. The number of anilines is 1. The number of nitrogens with one attached hydrogen (secondary N) is 1. The highest BCUT2D eigenvalue weighted by atomic mass is 15.3. The van der Waals surface area contributed by atoms with Crippen molar-refractivity contribution in [1.82, 2.24) is 10.3 Å². The van der Waals surface area contributed by atoms with E-state index in [1.54, 1.807) is 0 Å². The molecule has 21 heavy (non-hydrogen) atoms. The first-order chi connectivity index (χ1) is 10.2. The first-order valence-electron chi connectivity index (χ1n) is 8.03. The number of aromatic nitrogens is 1. The van der Waals surface area contributed by atoms with Gasteiger partial charge in [-0.25, -0.2) is 4.98 Å². The Balaban J connectivity index is 2.07. The van der Waals surface area contributed by atoms with E-state index in [0.29, 0.717) is 0 Å². The highest BCUT2D eigenvalue weighted by Gasteiger charge is 2.41. The summed E-state index contributed by atoms with van der Waals surface area (Å²) in [6.07, 6.45) is 6.32. The van der Waals surface area contributed by atoms with Gasteiger partial charge in [-0.2, -0.15) is 5.26 Å². The molecule has 0 aromatic carbocycles. The molecule has 112 valence electrons. The molecule has 1 aromatic rings. The zero-order valence-electron chi connectivity index (χ0n) is 13.1. The van der Waals surface area contributed by atoms with Crippen LogP contribution in [0.4, 0.5) is 5.82 Å². The van der Waals surface area contributed by atoms with Crippen molar-refractivity contribution in [2.45, 2.75) is 51.5 Å². The van der Waals surface area contributed by atoms with Crippen LogP contribution >= 0.6 is 0 Å². The molecule has 0 bridgehead atoms. The monoisotopic (exact) mass is 284 g/mol. The van der Waals surface area contributed by atoms with E-state index in [0.717, 1.165) is 42.3 Å². The van der Waals surface area contributed by atoms with E-state index >= 15 is 0 Å². The summed E-state index contributed by atoms with van der Waals surface area (Å²) in [7, 11) is 0. The Kier molecular flexibility index (Phi) is 3.86. The Hall–Kier alpha value is -1.60. The lowest BCUT2D eigenvalue weighted by Crippen LogP contribution is -2.62. The Morgan fingerprint density at radius 3 is 2.76 bits per heavy atom. The summed E-state index contributed by atoms with van der Waals surface area (Å²) >= 11 is 0. The first-order valence-corrected chi connectivity index (χ1v) is 8.03. The van der Waals surface area contributed by atoms with E-state index < -0.39 is 0 Å². The van der Waals surface area contributed by atoms with Crippen LogP contribution in [0, 0.1) is 25.2 Å². The van der Waals surface area contributed by atoms with E-state index in [4.69, 9.17) is 4.98 Å². The average Bonchev–Trinajstić information content (AvgIpc) is 2.48. The SMILES string of the molecule is Cc1cc(C)c(C#N)c(N2CCNCC23CCCCC3)n1. The number of hydrogen-bond donors (Lipinski definition) is 1. The lowest BCUT2D eigenvalue weighted by Gasteiger charge is -2.50. The standard InChI is InChI=1S/C17H24N4/c1-13-10-14(2)20-16(15(13)11-18)21-9-8-19-12-17(21)6-4-3-5-7-17/h10,19H,3-9,12H2,1-2H3. The fourth-order valence-electron chi connectivity index (χ4n) is 3.98. The zero-order valence-corrected chi connectivity index (χ0v) is 13.1. The predicted octanol–water partition coefficient (Wildman–Crippen LogP) is 2.68. The quantitative estimate of drug-likeness (QED) is 0.861. The lowest BCUT2D eigenvalue weighted by atomic mass is 9.78. The smallest absolute Gasteiger partial charge is 0.147 e. The van der Waals surface area contributed by atoms with Crippen LogP contribution in [0.15, 0.2) is 6.07 Å². The molecule has 3 rings (SSSR count). The molecule has 2 fully saturated rings. The van der Waals surface area contributed by atoms with Crippen molar-refractivity contribution >= 4 is 5.82 Å². The van der Waals surface area contributed by atoms with Gasteiger partial charge < -0.3 is 10.2 Å². The number of hydrogen-bond acceptors (Lipinski definition) is 4. The first kappa shape index (κ1) is 14.3.